The molecule has 4 aromatic carbocycles. The maximum atomic E-state index is 10.7. The average molecular weight is 366 g/mol. The first-order valence-electron chi connectivity index (χ1n) is 9.28. The topological polar surface area (TPSA) is 46.5 Å². The van der Waals surface area contributed by atoms with Crippen LogP contribution in [0.2, 0.25) is 0 Å². The number of hydrogen-bond donors (Lipinski definition) is 1. The van der Waals surface area contributed by atoms with Crippen LogP contribution in [0.25, 0.3) is 33.0 Å². The van der Waals surface area contributed by atoms with E-state index in [0.717, 1.165) is 17.2 Å². The second-order valence-electron chi connectivity index (χ2n) is 7.07. The van der Waals surface area contributed by atoms with E-state index in [1.54, 1.807) is 0 Å². The fourth-order valence-electron chi connectivity index (χ4n) is 4.05. The zero-order valence-corrected chi connectivity index (χ0v) is 15.2. The van der Waals surface area contributed by atoms with Crippen LogP contribution < -0.4 is 4.74 Å². The van der Waals surface area contributed by atoms with Gasteiger partial charge in [-0.15, -0.1) is 0 Å². The van der Waals surface area contributed by atoms with Crippen molar-refractivity contribution in [3.8, 4) is 28.0 Å². The van der Waals surface area contributed by atoms with E-state index in [-0.39, 0.29) is 6.61 Å². The number of ether oxygens (including phenoxy) is 1. The second-order valence-corrected chi connectivity index (χ2v) is 7.07. The molecule has 136 valence electrons. The Bertz CT molecular complexity index is 1220. The SMILES string of the molecule is O=C(O)COc1ccc2cc(-c3cccc4c3Cc3ccccc3-4)ccc2c1. The van der Waals surface area contributed by atoms with E-state index < -0.39 is 5.97 Å². The van der Waals surface area contributed by atoms with Gasteiger partial charge in [-0.25, -0.2) is 4.79 Å². The predicted octanol–water partition coefficient (Wildman–Crippen LogP) is 5.54. The number of aliphatic carboxylic acids is 1. The minimum absolute atomic E-state index is 0.333. The van der Waals surface area contributed by atoms with Crippen LogP contribution in [0.15, 0.2) is 78.9 Å². The molecular weight excluding hydrogens is 348 g/mol. The first kappa shape index (κ1) is 16.6. The van der Waals surface area contributed by atoms with Crippen molar-refractivity contribution in [1.82, 2.24) is 0 Å². The summed E-state index contributed by atoms with van der Waals surface area (Å²) in [6, 6.07) is 27.2. The maximum absolute atomic E-state index is 10.7. The Balaban J connectivity index is 1.54. The number of fused-ring (bicyclic) bond motifs is 4. The fourth-order valence-corrected chi connectivity index (χ4v) is 4.05. The van der Waals surface area contributed by atoms with E-state index in [4.69, 9.17) is 9.84 Å². The number of carbonyl (C=O) groups is 1. The van der Waals surface area contributed by atoms with Crippen LogP contribution in [-0.4, -0.2) is 17.7 Å². The molecule has 1 N–H and O–H groups in total. The van der Waals surface area contributed by atoms with E-state index in [1.165, 1.54) is 33.4 Å². The van der Waals surface area contributed by atoms with E-state index in [1.807, 2.05) is 18.2 Å². The van der Waals surface area contributed by atoms with Crippen molar-refractivity contribution in [3.05, 3.63) is 90.0 Å². The molecule has 0 radical (unpaired) electrons. The van der Waals surface area contributed by atoms with Gasteiger partial charge in [0.1, 0.15) is 5.75 Å². The van der Waals surface area contributed by atoms with Crippen molar-refractivity contribution in [1.29, 1.82) is 0 Å². The molecule has 0 heterocycles. The first-order chi connectivity index (χ1) is 13.7. The zero-order chi connectivity index (χ0) is 19.1. The summed E-state index contributed by atoms with van der Waals surface area (Å²) in [5.41, 5.74) is 7.87. The van der Waals surface area contributed by atoms with Crippen LogP contribution in [-0.2, 0) is 11.2 Å². The molecule has 0 amide bonds. The highest BCUT2D eigenvalue weighted by atomic mass is 16.5. The van der Waals surface area contributed by atoms with E-state index in [0.29, 0.717) is 5.75 Å². The minimum atomic E-state index is -0.977. The Morgan fingerprint density at radius 3 is 2.46 bits per heavy atom. The van der Waals surface area contributed by atoms with Gasteiger partial charge in [0.25, 0.3) is 0 Å². The summed E-state index contributed by atoms with van der Waals surface area (Å²) in [4.78, 5) is 10.7. The fraction of sp³-hybridized carbons (Fsp3) is 0.0800. The molecule has 1 aliphatic carbocycles. The quantitative estimate of drug-likeness (QED) is 0.454. The molecule has 0 bridgehead atoms. The molecule has 0 fully saturated rings. The van der Waals surface area contributed by atoms with Crippen LogP contribution in [0.5, 0.6) is 5.75 Å². The van der Waals surface area contributed by atoms with Gasteiger partial charge in [0, 0.05) is 0 Å². The van der Waals surface area contributed by atoms with Crippen molar-refractivity contribution in [2.24, 2.45) is 0 Å². The van der Waals surface area contributed by atoms with Crippen molar-refractivity contribution < 1.29 is 14.6 Å². The minimum Gasteiger partial charge on any atom is -0.482 e. The molecular formula is C25H18O3. The lowest BCUT2D eigenvalue weighted by molar-refractivity contribution is -0.139. The highest BCUT2D eigenvalue weighted by molar-refractivity contribution is 5.91. The monoisotopic (exact) mass is 366 g/mol. The third kappa shape index (κ3) is 2.81. The summed E-state index contributed by atoms with van der Waals surface area (Å²) in [7, 11) is 0. The van der Waals surface area contributed by atoms with Gasteiger partial charge in [-0.2, -0.15) is 0 Å². The predicted molar refractivity (Wildman–Crippen MR) is 111 cm³/mol. The highest BCUT2D eigenvalue weighted by Crippen LogP contribution is 2.41. The van der Waals surface area contributed by atoms with Gasteiger partial charge in [0.05, 0.1) is 0 Å². The van der Waals surface area contributed by atoms with Gasteiger partial charge >= 0.3 is 5.97 Å². The van der Waals surface area contributed by atoms with Crippen LogP contribution in [0.1, 0.15) is 11.1 Å². The molecule has 1 aliphatic rings. The molecule has 0 saturated carbocycles. The third-order valence-corrected chi connectivity index (χ3v) is 5.34. The number of carboxylic acid groups (broad SMARTS) is 1. The van der Waals surface area contributed by atoms with Crippen molar-refractivity contribution in [2.75, 3.05) is 6.61 Å². The highest BCUT2D eigenvalue weighted by Gasteiger charge is 2.20. The molecule has 0 aliphatic heterocycles. The van der Waals surface area contributed by atoms with Crippen molar-refractivity contribution in [3.63, 3.8) is 0 Å². The zero-order valence-electron chi connectivity index (χ0n) is 15.2. The molecule has 28 heavy (non-hydrogen) atoms. The van der Waals surface area contributed by atoms with Gasteiger partial charge in [-0.05, 0) is 68.8 Å². The molecule has 3 nitrogen and oxygen atoms in total. The van der Waals surface area contributed by atoms with Crippen molar-refractivity contribution >= 4 is 16.7 Å². The molecule has 0 unspecified atom stereocenters. The molecule has 0 saturated heterocycles. The largest absolute Gasteiger partial charge is 0.482 e. The van der Waals surface area contributed by atoms with Gasteiger partial charge in [-0.3, -0.25) is 0 Å². The second kappa shape index (κ2) is 6.54. The van der Waals surface area contributed by atoms with E-state index in [2.05, 4.69) is 60.7 Å². The average Bonchev–Trinajstić information content (AvgIpc) is 3.10. The lowest BCUT2D eigenvalue weighted by Gasteiger charge is -2.11. The summed E-state index contributed by atoms with van der Waals surface area (Å²) in [6.07, 6.45) is 0.960. The Morgan fingerprint density at radius 2 is 1.57 bits per heavy atom. The van der Waals surface area contributed by atoms with Crippen LogP contribution in [0, 0.1) is 0 Å². The standard InChI is InChI=1S/C25H18O3/c26-25(27)15-28-20-11-10-16-12-19(9-8-17(16)13-20)22-6-3-7-23-21-5-2-1-4-18(21)14-24(22)23/h1-13H,14-15H2,(H,26,27). The molecule has 3 heteroatoms. The summed E-state index contributed by atoms with van der Waals surface area (Å²) in [5.74, 6) is -0.409. The summed E-state index contributed by atoms with van der Waals surface area (Å²) in [5, 5.41) is 10.9. The summed E-state index contributed by atoms with van der Waals surface area (Å²) >= 11 is 0. The Hall–Kier alpha value is -3.59. The summed E-state index contributed by atoms with van der Waals surface area (Å²) < 4.78 is 5.29. The van der Waals surface area contributed by atoms with Crippen LogP contribution >= 0.6 is 0 Å². The molecule has 0 atom stereocenters. The van der Waals surface area contributed by atoms with Crippen LogP contribution in [0.3, 0.4) is 0 Å². The van der Waals surface area contributed by atoms with Crippen LogP contribution in [0.4, 0.5) is 0 Å². The smallest absolute Gasteiger partial charge is 0.341 e. The Morgan fingerprint density at radius 1 is 0.821 bits per heavy atom. The number of hydrogen-bond acceptors (Lipinski definition) is 2. The van der Waals surface area contributed by atoms with Gasteiger partial charge < -0.3 is 9.84 Å². The lowest BCUT2D eigenvalue weighted by Crippen LogP contribution is -2.09. The van der Waals surface area contributed by atoms with Gasteiger partial charge in [0.15, 0.2) is 6.61 Å². The normalized spacial score (nSPS) is 11.9. The number of carboxylic acids is 1. The number of rotatable bonds is 4. The van der Waals surface area contributed by atoms with Crippen molar-refractivity contribution in [2.45, 2.75) is 6.42 Å². The number of benzene rings is 4. The van der Waals surface area contributed by atoms with E-state index >= 15 is 0 Å². The van der Waals surface area contributed by atoms with Gasteiger partial charge in [0.2, 0.25) is 0 Å². The molecule has 5 rings (SSSR count). The lowest BCUT2D eigenvalue weighted by atomic mass is 9.94. The Kier molecular flexibility index (Phi) is 3.87. The molecule has 0 spiro atoms. The molecule has 0 aromatic heterocycles. The first-order valence-corrected chi connectivity index (χ1v) is 9.28. The van der Waals surface area contributed by atoms with E-state index in [9.17, 15) is 4.79 Å². The molecule has 4 aromatic rings. The summed E-state index contributed by atoms with van der Waals surface area (Å²) in [6.45, 7) is -0.333. The third-order valence-electron chi connectivity index (χ3n) is 5.34. The van der Waals surface area contributed by atoms with Gasteiger partial charge in [-0.1, -0.05) is 60.7 Å². The Labute approximate surface area is 162 Å². The maximum Gasteiger partial charge on any atom is 0.341 e.